The van der Waals surface area contributed by atoms with E-state index in [2.05, 4.69) is 4.72 Å². The maximum Gasteiger partial charge on any atom is 0.212 e. The molecule has 0 spiro atoms. The van der Waals surface area contributed by atoms with Crippen LogP contribution in [0.2, 0.25) is 0 Å². The molecule has 0 aliphatic heterocycles. The van der Waals surface area contributed by atoms with E-state index >= 15 is 0 Å². The van der Waals surface area contributed by atoms with E-state index in [1.54, 1.807) is 18.2 Å². The number of nitrogens with one attached hydrogen (secondary N) is 1. The van der Waals surface area contributed by atoms with Gasteiger partial charge in [-0.1, -0.05) is 6.07 Å². The average molecular weight is 353 g/mol. The highest BCUT2D eigenvalue weighted by atomic mass is 32.2. The Morgan fingerprint density at radius 1 is 1.14 bits per heavy atom. The van der Waals surface area contributed by atoms with E-state index in [4.69, 9.17) is 10.9 Å². The van der Waals surface area contributed by atoms with Gasteiger partial charge in [0.05, 0.1) is 11.5 Å². The number of hydrogen-bond donors (Lipinski definition) is 3. The first-order valence-corrected chi connectivity index (χ1v) is 10.5. The average Bonchev–Trinajstić information content (AvgIpc) is 2.33. The molecule has 0 aliphatic rings. The Balaban J connectivity index is 2.30. The van der Waals surface area contributed by atoms with Crippen LogP contribution in [0.5, 0.6) is 0 Å². The van der Waals surface area contributed by atoms with Crippen molar-refractivity contribution in [3.05, 3.63) is 24.3 Å². The van der Waals surface area contributed by atoms with Gasteiger partial charge < -0.3 is 5.73 Å². The summed E-state index contributed by atoms with van der Waals surface area (Å²) in [4.78, 5) is 0.902. The molecule has 0 heterocycles. The summed E-state index contributed by atoms with van der Waals surface area (Å²) in [6.07, 6.45) is 0.153. The van der Waals surface area contributed by atoms with Gasteiger partial charge in [0.25, 0.3) is 0 Å². The number of anilines is 1. The SMILES string of the molecule is Nc1cccc(SCCS(=O)(=O)NCCCS(N)(=O)=O)c1. The summed E-state index contributed by atoms with van der Waals surface area (Å²) < 4.78 is 47.1. The quantitative estimate of drug-likeness (QED) is 0.324. The third-order valence-corrected chi connectivity index (χ3v) is 5.90. The molecule has 120 valence electrons. The van der Waals surface area contributed by atoms with Crippen LogP contribution in [0.1, 0.15) is 6.42 Å². The van der Waals surface area contributed by atoms with Gasteiger partial charge in [-0.05, 0) is 24.6 Å². The Morgan fingerprint density at radius 3 is 2.48 bits per heavy atom. The Hall–Kier alpha value is -0.810. The molecular weight excluding hydrogens is 334 g/mol. The lowest BCUT2D eigenvalue weighted by Crippen LogP contribution is -2.30. The lowest BCUT2D eigenvalue weighted by atomic mass is 10.3. The number of benzene rings is 1. The van der Waals surface area contributed by atoms with Crippen LogP contribution < -0.4 is 15.6 Å². The highest BCUT2D eigenvalue weighted by molar-refractivity contribution is 8.00. The van der Waals surface area contributed by atoms with Crippen LogP contribution in [0.25, 0.3) is 0 Å². The third kappa shape index (κ3) is 8.94. The number of nitrogens with two attached hydrogens (primary N) is 2. The van der Waals surface area contributed by atoms with Gasteiger partial charge in [0, 0.05) is 22.9 Å². The van der Waals surface area contributed by atoms with Gasteiger partial charge in [-0.2, -0.15) is 0 Å². The van der Waals surface area contributed by atoms with Crippen molar-refractivity contribution in [3.63, 3.8) is 0 Å². The second-order valence-electron chi connectivity index (χ2n) is 4.35. The predicted molar refractivity (Wildman–Crippen MR) is 86.0 cm³/mol. The van der Waals surface area contributed by atoms with Crippen LogP contribution in [0.4, 0.5) is 5.69 Å². The van der Waals surface area contributed by atoms with E-state index < -0.39 is 20.0 Å². The first-order valence-electron chi connectivity index (χ1n) is 6.14. The van der Waals surface area contributed by atoms with Crippen molar-refractivity contribution in [2.45, 2.75) is 11.3 Å². The molecule has 1 aromatic rings. The lowest BCUT2D eigenvalue weighted by Gasteiger charge is -2.06. The van der Waals surface area contributed by atoms with Crippen LogP contribution in [-0.4, -0.2) is 40.6 Å². The van der Waals surface area contributed by atoms with Crippen molar-refractivity contribution >= 4 is 37.5 Å². The van der Waals surface area contributed by atoms with Gasteiger partial charge >= 0.3 is 0 Å². The van der Waals surface area contributed by atoms with Gasteiger partial charge in [-0.3, -0.25) is 0 Å². The van der Waals surface area contributed by atoms with Gasteiger partial charge in [-0.15, -0.1) is 11.8 Å². The maximum absolute atomic E-state index is 11.7. The second-order valence-corrected chi connectivity index (χ2v) is 9.18. The zero-order valence-corrected chi connectivity index (χ0v) is 13.8. The zero-order chi connectivity index (χ0) is 15.9. The van der Waals surface area contributed by atoms with E-state index in [0.717, 1.165) is 4.90 Å². The molecule has 0 aromatic heterocycles. The van der Waals surface area contributed by atoms with Crippen molar-refractivity contribution < 1.29 is 16.8 Å². The van der Waals surface area contributed by atoms with E-state index in [-0.39, 0.29) is 24.5 Å². The number of rotatable bonds is 9. The molecule has 1 aromatic carbocycles. The summed E-state index contributed by atoms with van der Waals surface area (Å²) in [5, 5.41) is 4.82. The molecular formula is C11H19N3O4S3. The number of sulfonamides is 2. The summed E-state index contributed by atoms with van der Waals surface area (Å²) in [7, 11) is -6.97. The molecule has 21 heavy (non-hydrogen) atoms. The second kappa shape index (κ2) is 7.99. The minimum Gasteiger partial charge on any atom is -0.399 e. The minimum absolute atomic E-state index is 0.0537. The summed E-state index contributed by atoms with van der Waals surface area (Å²) in [6.45, 7) is 0.0573. The normalized spacial score (nSPS) is 12.4. The summed E-state index contributed by atoms with van der Waals surface area (Å²) in [6, 6.07) is 7.19. The number of nitrogen functional groups attached to an aromatic ring is 1. The number of hydrogen-bond acceptors (Lipinski definition) is 6. The molecule has 0 fully saturated rings. The Morgan fingerprint density at radius 2 is 1.86 bits per heavy atom. The topological polar surface area (TPSA) is 132 Å². The Kier molecular flexibility index (Phi) is 6.94. The smallest absolute Gasteiger partial charge is 0.212 e. The monoisotopic (exact) mass is 353 g/mol. The van der Waals surface area contributed by atoms with Crippen molar-refractivity contribution in [2.75, 3.05) is 29.5 Å². The first kappa shape index (κ1) is 18.2. The highest BCUT2D eigenvalue weighted by Gasteiger charge is 2.10. The van der Waals surface area contributed by atoms with Crippen LogP contribution >= 0.6 is 11.8 Å². The molecule has 5 N–H and O–H groups in total. The lowest BCUT2D eigenvalue weighted by molar-refractivity contribution is 0.578. The highest BCUT2D eigenvalue weighted by Crippen LogP contribution is 2.20. The predicted octanol–water partition coefficient (Wildman–Crippen LogP) is -0.0411. The largest absolute Gasteiger partial charge is 0.399 e. The summed E-state index contributed by atoms with van der Waals surface area (Å²) >= 11 is 1.39. The molecule has 10 heteroatoms. The molecule has 0 aliphatic carbocycles. The molecule has 0 amide bonds. The summed E-state index contributed by atoms with van der Waals surface area (Å²) in [5.74, 6) is 0.0867. The molecule has 0 bridgehead atoms. The summed E-state index contributed by atoms with van der Waals surface area (Å²) in [5.41, 5.74) is 6.26. The van der Waals surface area contributed by atoms with Crippen LogP contribution in [0.15, 0.2) is 29.2 Å². The number of primary sulfonamides is 1. The van der Waals surface area contributed by atoms with Crippen molar-refractivity contribution in [3.8, 4) is 0 Å². The van der Waals surface area contributed by atoms with E-state index in [1.165, 1.54) is 11.8 Å². The van der Waals surface area contributed by atoms with Crippen LogP contribution in [0.3, 0.4) is 0 Å². The fourth-order valence-electron chi connectivity index (χ4n) is 1.45. The molecule has 1 rings (SSSR count). The Bertz CT molecular complexity index is 659. The molecule has 0 saturated carbocycles. The van der Waals surface area contributed by atoms with E-state index in [0.29, 0.717) is 11.4 Å². The standard InChI is InChI=1S/C11H19N3O4S3/c12-10-3-1-4-11(9-10)19-6-8-21(17,18)14-5-2-7-20(13,15)16/h1,3-4,9,14H,2,5-8,12H2,(H2,13,15,16). The molecule has 0 radical (unpaired) electrons. The zero-order valence-electron chi connectivity index (χ0n) is 11.4. The van der Waals surface area contributed by atoms with Gasteiger partial charge in [0.2, 0.25) is 20.0 Å². The molecule has 7 nitrogen and oxygen atoms in total. The first-order chi connectivity index (χ1) is 9.68. The van der Waals surface area contributed by atoms with Crippen LogP contribution in [0, 0.1) is 0 Å². The number of thioether (sulfide) groups is 1. The van der Waals surface area contributed by atoms with Crippen LogP contribution in [-0.2, 0) is 20.0 Å². The molecule has 0 atom stereocenters. The van der Waals surface area contributed by atoms with Gasteiger partial charge in [-0.25, -0.2) is 26.7 Å². The molecule has 0 unspecified atom stereocenters. The van der Waals surface area contributed by atoms with E-state index in [9.17, 15) is 16.8 Å². The minimum atomic E-state index is -3.55. The van der Waals surface area contributed by atoms with Crippen molar-refractivity contribution in [1.29, 1.82) is 0 Å². The van der Waals surface area contributed by atoms with Gasteiger partial charge in [0.15, 0.2) is 0 Å². The third-order valence-electron chi connectivity index (χ3n) is 2.41. The van der Waals surface area contributed by atoms with Crippen molar-refractivity contribution in [2.24, 2.45) is 5.14 Å². The van der Waals surface area contributed by atoms with E-state index in [1.807, 2.05) is 6.07 Å². The van der Waals surface area contributed by atoms with Gasteiger partial charge in [0.1, 0.15) is 0 Å². The molecule has 0 saturated heterocycles. The fraction of sp³-hybridized carbons (Fsp3) is 0.455. The van der Waals surface area contributed by atoms with Crippen molar-refractivity contribution in [1.82, 2.24) is 4.72 Å². The fourth-order valence-corrected chi connectivity index (χ4v) is 4.43. The maximum atomic E-state index is 11.7. The Labute approximate surface area is 129 Å².